The van der Waals surface area contributed by atoms with Crippen LogP contribution in [0.1, 0.15) is 43.8 Å². The number of carbonyl (C=O) groups excluding carboxylic acids is 2. The van der Waals surface area contributed by atoms with Gasteiger partial charge in [0.05, 0.1) is 4.88 Å². The Morgan fingerprint density at radius 3 is 2.85 bits per heavy atom. The van der Waals surface area contributed by atoms with E-state index in [1.807, 2.05) is 19.1 Å². The maximum atomic E-state index is 12.8. The lowest BCUT2D eigenvalue weighted by atomic mass is 9.97. The molecule has 1 N–H and O–H groups in total. The molecule has 1 aliphatic heterocycles. The number of amides is 2. The summed E-state index contributed by atoms with van der Waals surface area (Å²) in [7, 11) is 1.62. The normalized spacial score (nSPS) is 16.7. The summed E-state index contributed by atoms with van der Waals surface area (Å²) in [5.74, 6) is -0.162. The Kier molecular flexibility index (Phi) is 4.57. The molecular formula is C19H19N5O2S. The summed E-state index contributed by atoms with van der Waals surface area (Å²) in [5.41, 5.74) is 2.93. The Morgan fingerprint density at radius 1 is 1.26 bits per heavy atom. The number of aryl methyl sites for hydroxylation is 1. The fourth-order valence-corrected chi connectivity index (χ4v) is 4.64. The van der Waals surface area contributed by atoms with Crippen molar-refractivity contribution in [3.63, 3.8) is 0 Å². The van der Waals surface area contributed by atoms with Gasteiger partial charge in [-0.05, 0) is 25.5 Å². The minimum Gasteiger partial charge on any atom is -0.354 e. The van der Waals surface area contributed by atoms with E-state index >= 15 is 0 Å². The highest BCUT2D eigenvalue weighted by Crippen LogP contribution is 2.38. The first-order valence-corrected chi connectivity index (χ1v) is 9.58. The van der Waals surface area contributed by atoms with Crippen molar-refractivity contribution in [2.75, 3.05) is 20.1 Å². The van der Waals surface area contributed by atoms with Gasteiger partial charge in [0.25, 0.3) is 11.8 Å². The number of rotatable bonds is 3. The van der Waals surface area contributed by atoms with E-state index in [1.165, 1.54) is 11.3 Å². The quantitative estimate of drug-likeness (QED) is 0.753. The molecule has 1 unspecified atom stereocenters. The van der Waals surface area contributed by atoms with Crippen molar-refractivity contribution >= 4 is 33.5 Å². The predicted molar refractivity (Wildman–Crippen MR) is 103 cm³/mol. The largest absolute Gasteiger partial charge is 0.354 e. The monoisotopic (exact) mass is 381 g/mol. The van der Waals surface area contributed by atoms with Gasteiger partial charge in [-0.2, -0.15) is 0 Å². The van der Waals surface area contributed by atoms with Crippen LogP contribution in [-0.2, 0) is 0 Å². The molecule has 1 atom stereocenters. The molecule has 4 rings (SSSR count). The maximum Gasteiger partial charge on any atom is 0.272 e. The molecule has 0 spiro atoms. The summed E-state index contributed by atoms with van der Waals surface area (Å²) in [5, 5.41) is 2.70. The minimum atomic E-state index is -0.139. The molecule has 0 aliphatic carbocycles. The van der Waals surface area contributed by atoms with Crippen LogP contribution in [0.3, 0.4) is 0 Å². The summed E-state index contributed by atoms with van der Waals surface area (Å²) in [6.45, 7) is 3.04. The zero-order valence-corrected chi connectivity index (χ0v) is 15.9. The smallest absolute Gasteiger partial charge is 0.272 e. The first-order valence-electron chi connectivity index (χ1n) is 8.77. The van der Waals surface area contributed by atoms with Gasteiger partial charge in [-0.1, -0.05) is 6.07 Å². The Balaban J connectivity index is 1.66. The average Bonchev–Trinajstić information content (AvgIpc) is 3.31. The van der Waals surface area contributed by atoms with Crippen LogP contribution in [0.2, 0.25) is 0 Å². The molecule has 1 aliphatic rings. The van der Waals surface area contributed by atoms with E-state index in [1.54, 1.807) is 30.4 Å². The highest BCUT2D eigenvalue weighted by Gasteiger charge is 2.33. The number of fused-ring (bicyclic) bond motifs is 1. The highest BCUT2D eigenvalue weighted by molar-refractivity contribution is 7.20. The van der Waals surface area contributed by atoms with Gasteiger partial charge in [-0.3, -0.25) is 14.6 Å². The van der Waals surface area contributed by atoms with Crippen LogP contribution in [0.5, 0.6) is 0 Å². The molecule has 3 aromatic rings. The van der Waals surface area contributed by atoms with Crippen molar-refractivity contribution in [2.24, 2.45) is 0 Å². The molecule has 138 valence electrons. The number of pyridine rings is 1. The lowest BCUT2D eigenvalue weighted by Crippen LogP contribution is -2.29. The van der Waals surface area contributed by atoms with Gasteiger partial charge >= 0.3 is 0 Å². The second-order valence-electron chi connectivity index (χ2n) is 6.54. The summed E-state index contributed by atoms with van der Waals surface area (Å²) in [4.78, 5) is 41.5. The number of carbonyl (C=O) groups is 2. The topological polar surface area (TPSA) is 88.1 Å². The van der Waals surface area contributed by atoms with E-state index < -0.39 is 0 Å². The molecule has 0 aromatic carbocycles. The summed E-state index contributed by atoms with van der Waals surface area (Å²) in [6.07, 6.45) is 4.05. The van der Waals surface area contributed by atoms with Crippen LogP contribution in [0, 0.1) is 6.92 Å². The van der Waals surface area contributed by atoms with Gasteiger partial charge in [0.2, 0.25) is 0 Å². The third-order valence-electron chi connectivity index (χ3n) is 4.79. The molecule has 1 saturated heterocycles. The lowest BCUT2D eigenvalue weighted by molar-refractivity contribution is 0.0784. The van der Waals surface area contributed by atoms with Crippen LogP contribution < -0.4 is 5.32 Å². The molecule has 0 radical (unpaired) electrons. The zero-order chi connectivity index (χ0) is 19.0. The standard InChI is InChI=1S/C19H19N5O2S/c1-11-4-3-5-13(23-11)19(26)24-9-6-12(10-24)14-15-18(22-8-7-21-15)27-16(14)17(25)20-2/h3-5,7-8,12H,6,9-10H2,1-2H3,(H,20,25). The fourth-order valence-electron chi connectivity index (χ4n) is 3.51. The van der Waals surface area contributed by atoms with E-state index in [0.717, 1.165) is 28.0 Å². The fraction of sp³-hybridized carbons (Fsp3) is 0.316. The Bertz CT molecular complexity index is 1030. The van der Waals surface area contributed by atoms with Crippen molar-refractivity contribution in [1.82, 2.24) is 25.2 Å². The number of thiophene rings is 1. The average molecular weight is 381 g/mol. The van der Waals surface area contributed by atoms with Crippen LogP contribution in [-0.4, -0.2) is 51.8 Å². The van der Waals surface area contributed by atoms with Gasteiger partial charge in [0, 0.05) is 49.7 Å². The molecule has 8 heteroatoms. The van der Waals surface area contributed by atoms with Crippen molar-refractivity contribution in [3.05, 3.63) is 52.4 Å². The van der Waals surface area contributed by atoms with Crippen molar-refractivity contribution in [3.8, 4) is 0 Å². The van der Waals surface area contributed by atoms with Gasteiger partial charge in [-0.25, -0.2) is 9.97 Å². The molecule has 0 saturated carbocycles. The minimum absolute atomic E-state index is 0.0523. The van der Waals surface area contributed by atoms with Crippen molar-refractivity contribution < 1.29 is 9.59 Å². The first-order chi connectivity index (χ1) is 13.1. The third kappa shape index (κ3) is 3.16. The van der Waals surface area contributed by atoms with Gasteiger partial charge < -0.3 is 10.2 Å². The summed E-state index contributed by atoms with van der Waals surface area (Å²) >= 11 is 1.35. The molecule has 7 nitrogen and oxygen atoms in total. The maximum absolute atomic E-state index is 12.8. The number of aromatic nitrogens is 3. The molecule has 0 bridgehead atoms. The van der Waals surface area contributed by atoms with E-state index in [9.17, 15) is 9.59 Å². The lowest BCUT2D eigenvalue weighted by Gasteiger charge is -2.16. The van der Waals surface area contributed by atoms with Gasteiger partial charge in [0.15, 0.2) is 0 Å². The number of nitrogens with zero attached hydrogens (tertiary/aromatic N) is 4. The summed E-state index contributed by atoms with van der Waals surface area (Å²) < 4.78 is 0. The van der Waals surface area contributed by atoms with Crippen LogP contribution in [0.15, 0.2) is 30.6 Å². The van der Waals surface area contributed by atoms with Gasteiger partial charge in [-0.15, -0.1) is 11.3 Å². The summed E-state index contributed by atoms with van der Waals surface area (Å²) in [6, 6.07) is 5.45. The number of hydrogen-bond donors (Lipinski definition) is 1. The van der Waals surface area contributed by atoms with Crippen LogP contribution in [0.25, 0.3) is 10.3 Å². The first kappa shape index (κ1) is 17.5. The zero-order valence-electron chi connectivity index (χ0n) is 15.1. The van der Waals surface area contributed by atoms with Crippen molar-refractivity contribution in [1.29, 1.82) is 0 Å². The molecule has 27 heavy (non-hydrogen) atoms. The van der Waals surface area contributed by atoms with Crippen LogP contribution >= 0.6 is 11.3 Å². The molecule has 4 heterocycles. The Hall–Kier alpha value is -2.87. The van der Waals surface area contributed by atoms with E-state index in [-0.39, 0.29) is 17.7 Å². The Morgan fingerprint density at radius 2 is 2.07 bits per heavy atom. The van der Waals surface area contributed by atoms with Crippen LogP contribution in [0.4, 0.5) is 0 Å². The van der Waals surface area contributed by atoms with Crippen molar-refractivity contribution in [2.45, 2.75) is 19.3 Å². The second-order valence-corrected chi connectivity index (χ2v) is 7.53. The van der Waals surface area contributed by atoms with E-state index in [0.29, 0.717) is 23.7 Å². The predicted octanol–water partition coefficient (Wildman–Crippen LogP) is 2.38. The van der Waals surface area contributed by atoms with E-state index in [4.69, 9.17) is 0 Å². The highest BCUT2D eigenvalue weighted by atomic mass is 32.1. The Labute approximate surface area is 160 Å². The molecule has 1 fully saturated rings. The van der Waals surface area contributed by atoms with Gasteiger partial charge in [0.1, 0.15) is 16.0 Å². The number of hydrogen-bond acceptors (Lipinski definition) is 6. The molecule has 2 amide bonds. The number of likely N-dealkylation sites (tertiary alicyclic amines) is 1. The molecule has 3 aromatic heterocycles. The number of nitrogens with one attached hydrogen (secondary N) is 1. The van der Waals surface area contributed by atoms with E-state index in [2.05, 4.69) is 20.3 Å². The second kappa shape index (κ2) is 7.03. The third-order valence-corrected chi connectivity index (χ3v) is 5.89. The molecular weight excluding hydrogens is 362 g/mol. The SMILES string of the molecule is CNC(=O)c1sc2nccnc2c1C1CCN(C(=O)c2cccc(C)n2)C1.